The Labute approximate surface area is 126 Å². The Morgan fingerprint density at radius 3 is 2.86 bits per heavy atom. The minimum atomic E-state index is 0.281. The molecule has 1 fully saturated rings. The molecule has 2 aromatic rings. The van der Waals surface area contributed by atoms with Crippen molar-refractivity contribution in [1.82, 2.24) is 15.1 Å². The maximum Gasteiger partial charge on any atom is 0.0724 e. The van der Waals surface area contributed by atoms with E-state index in [9.17, 15) is 0 Å². The number of nitrogens with one attached hydrogen (secondary N) is 1. The molecule has 1 aliphatic rings. The molecular weight excluding hydrogens is 262 g/mol. The van der Waals surface area contributed by atoms with E-state index in [1.165, 1.54) is 18.4 Å². The lowest BCUT2D eigenvalue weighted by atomic mass is 10.1. The first-order chi connectivity index (χ1) is 10.3. The molecule has 1 heterocycles. The van der Waals surface area contributed by atoms with E-state index in [-0.39, 0.29) is 6.04 Å². The van der Waals surface area contributed by atoms with Gasteiger partial charge in [0.2, 0.25) is 0 Å². The molecule has 0 spiro atoms. The summed E-state index contributed by atoms with van der Waals surface area (Å²) in [6.07, 6.45) is 7.98. The highest BCUT2D eigenvalue weighted by molar-refractivity contribution is 5.31. The first-order valence-electron chi connectivity index (χ1n) is 7.67. The van der Waals surface area contributed by atoms with Crippen molar-refractivity contribution in [1.29, 1.82) is 0 Å². The van der Waals surface area contributed by atoms with Crippen molar-refractivity contribution in [2.45, 2.75) is 44.4 Å². The third kappa shape index (κ3) is 3.17. The number of para-hydroxylation sites is 1. The maximum atomic E-state index is 5.55. The molecule has 112 valence electrons. The van der Waals surface area contributed by atoms with Crippen LogP contribution in [0, 0.1) is 0 Å². The summed E-state index contributed by atoms with van der Waals surface area (Å²) in [6.45, 7) is 2.19. The van der Waals surface area contributed by atoms with Crippen molar-refractivity contribution in [3.63, 3.8) is 0 Å². The summed E-state index contributed by atoms with van der Waals surface area (Å²) in [5.41, 5.74) is 2.30. The third-order valence-corrected chi connectivity index (χ3v) is 4.34. The summed E-state index contributed by atoms with van der Waals surface area (Å²) in [6, 6.07) is 10.9. The fourth-order valence-electron chi connectivity index (χ4n) is 3.10. The Kier molecular flexibility index (Phi) is 4.36. The summed E-state index contributed by atoms with van der Waals surface area (Å²) in [5.74, 6) is 0. The second-order valence-corrected chi connectivity index (χ2v) is 5.75. The fourth-order valence-corrected chi connectivity index (χ4v) is 3.10. The molecule has 0 amide bonds. The highest BCUT2D eigenvalue weighted by Crippen LogP contribution is 2.24. The third-order valence-electron chi connectivity index (χ3n) is 4.34. The summed E-state index contributed by atoms with van der Waals surface area (Å²) in [7, 11) is 1.81. The molecule has 1 aromatic heterocycles. The molecule has 1 saturated carbocycles. The zero-order chi connectivity index (χ0) is 14.7. The lowest BCUT2D eigenvalue weighted by molar-refractivity contribution is 0.0820. The molecule has 0 bridgehead atoms. The Bertz CT molecular complexity index is 566. The van der Waals surface area contributed by atoms with Crippen LogP contribution in [0.3, 0.4) is 0 Å². The van der Waals surface area contributed by atoms with E-state index in [1.54, 1.807) is 0 Å². The van der Waals surface area contributed by atoms with Crippen molar-refractivity contribution in [2.75, 3.05) is 7.11 Å². The average molecular weight is 285 g/mol. The number of ether oxygens (including phenoxy) is 1. The van der Waals surface area contributed by atoms with Crippen LogP contribution >= 0.6 is 0 Å². The molecule has 1 aliphatic carbocycles. The van der Waals surface area contributed by atoms with Crippen molar-refractivity contribution in [3.8, 4) is 5.69 Å². The molecule has 1 N–H and O–H groups in total. The van der Waals surface area contributed by atoms with Gasteiger partial charge in [-0.05, 0) is 38.3 Å². The number of benzene rings is 1. The summed E-state index contributed by atoms with van der Waals surface area (Å²) < 4.78 is 7.48. The van der Waals surface area contributed by atoms with Crippen LogP contribution < -0.4 is 5.32 Å². The highest BCUT2D eigenvalue weighted by Gasteiger charge is 2.28. The summed E-state index contributed by atoms with van der Waals surface area (Å²) in [5, 5.41) is 8.15. The highest BCUT2D eigenvalue weighted by atomic mass is 16.5. The molecule has 21 heavy (non-hydrogen) atoms. The molecule has 0 saturated heterocycles. The van der Waals surface area contributed by atoms with E-state index in [1.807, 2.05) is 36.2 Å². The molecule has 3 unspecified atom stereocenters. The van der Waals surface area contributed by atoms with Gasteiger partial charge >= 0.3 is 0 Å². The summed E-state index contributed by atoms with van der Waals surface area (Å²) >= 11 is 0. The van der Waals surface area contributed by atoms with Gasteiger partial charge in [0.05, 0.1) is 18.0 Å². The van der Waals surface area contributed by atoms with E-state index in [0.29, 0.717) is 12.1 Å². The van der Waals surface area contributed by atoms with E-state index in [0.717, 1.165) is 12.1 Å². The van der Waals surface area contributed by atoms with Gasteiger partial charge in [-0.25, -0.2) is 4.68 Å². The number of rotatable bonds is 5. The Morgan fingerprint density at radius 2 is 2.10 bits per heavy atom. The predicted octanol–water partition coefficient (Wildman–Crippen LogP) is 3.09. The molecule has 3 rings (SSSR count). The van der Waals surface area contributed by atoms with Gasteiger partial charge in [0, 0.05) is 31.0 Å². The average Bonchev–Trinajstić information content (AvgIpc) is 3.17. The Balaban J connectivity index is 1.68. The van der Waals surface area contributed by atoms with Crippen molar-refractivity contribution < 1.29 is 4.74 Å². The van der Waals surface area contributed by atoms with E-state index < -0.39 is 0 Å². The number of methoxy groups -OCH3 is 1. The fraction of sp³-hybridized carbons (Fsp3) is 0.471. The Morgan fingerprint density at radius 1 is 1.29 bits per heavy atom. The Hall–Kier alpha value is -1.65. The van der Waals surface area contributed by atoms with Gasteiger partial charge in [-0.15, -0.1) is 0 Å². The molecule has 3 atom stereocenters. The van der Waals surface area contributed by atoms with Crippen molar-refractivity contribution in [2.24, 2.45) is 0 Å². The monoisotopic (exact) mass is 285 g/mol. The van der Waals surface area contributed by atoms with Gasteiger partial charge in [0.1, 0.15) is 0 Å². The van der Waals surface area contributed by atoms with Crippen LogP contribution in [0.25, 0.3) is 5.69 Å². The molecule has 1 aromatic carbocycles. The lowest BCUT2D eigenvalue weighted by Crippen LogP contribution is -2.38. The van der Waals surface area contributed by atoms with Gasteiger partial charge < -0.3 is 10.1 Å². The van der Waals surface area contributed by atoms with Crippen LogP contribution in [0.2, 0.25) is 0 Å². The molecule has 4 nitrogen and oxygen atoms in total. The van der Waals surface area contributed by atoms with Gasteiger partial charge in [-0.3, -0.25) is 0 Å². The number of hydrogen-bond acceptors (Lipinski definition) is 3. The van der Waals surface area contributed by atoms with Crippen LogP contribution in [0.1, 0.15) is 37.8 Å². The molecule has 0 aliphatic heterocycles. The number of hydrogen-bond donors (Lipinski definition) is 1. The quantitative estimate of drug-likeness (QED) is 0.917. The van der Waals surface area contributed by atoms with E-state index in [2.05, 4.69) is 35.7 Å². The van der Waals surface area contributed by atoms with Crippen LogP contribution in [0.5, 0.6) is 0 Å². The van der Waals surface area contributed by atoms with E-state index >= 15 is 0 Å². The molecular formula is C17H23N3O. The maximum absolute atomic E-state index is 5.55. The first-order valence-corrected chi connectivity index (χ1v) is 7.67. The number of nitrogens with zero attached hydrogens (tertiary/aromatic N) is 2. The van der Waals surface area contributed by atoms with Gasteiger partial charge in [0.25, 0.3) is 0 Å². The van der Waals surface area contributed by atoms with Crippen LogP contribution in [0.15, 0.2) is 42.7 Å². The molecule has 0 radical (unpaired) electrons. The van der Waals surface area contributed by atoms with Crippen LogP contribution in [0.4, 0.5) is 0 Å². The zero-order valence-corrected chi connectivity index (χ0v) is 12.7. The SMILES string of the molecule is COC1CCCC1NC(C)c1cnn(-c2ccccc2)c1. The minimum absolute atomic E-state index is 0.281. The van der Waals surface area contributed by atoms with Crippen molar-refractivity contribution >= 4 is 0 Å². The molecule has 4 heteroatoms. The summed E-state index contributed by atoms with van der Waals surface area (Å²) in [4.78, 5) is 0. The van der Waals surface area contributed by atoms with Gasteiger partial charge in [-0.1, -0.05) is 18.2 Å². The predicted molar refractivity (Wildman–Crippen MR) is 83.6 cm³/mol. The standard InChI is InChI=1S/C17H23N3O/c1-13(19-16-9-6-10-17(16)21-2)14-11-18-20(12-14)15-7-4-3-5-8-15/h3-5,7-8,11-13,16-17,19H,6,9-10H2,1-2H3. The number of aromatic nitrogens is 2. The zero-order valence-electron chi connectivity index (χ0n) is 12.7. The van der Waals surface area contributed by atoms with Gasteiger partial charge in [-0.2, -0.15) is 5.10 Å². The minimum Gasteiger partial charge on any atom is -0.380 e. The van der Waals surface area contributed by atoms with Gasteiger partial charge in [0.15, 0.2) is 0 Å². The van der Waals surface area contributed by atoms with Crippen LogP contribution in [-0.2, 0) is 4.74 Å². The topological polar surface area (TPSA) is 39.1 Å². The smallest absolute Gasteiger partial charge is 0.0724 e. The van der Waals surface area contributed by atoms with Crippen LogP contribution in [-0.4, -0.2) is 29.0 Å². The van der Waals surface area contributed by atoms with E-state index in [4.69, 9.17) is 4.74 Å². The second-order valence-electron chi connectivity index (χ2n) is 5.75. The largest absolute Gasteiger partial charge is 0.380 e. The lowest BCUT2D eigenvalue weighted by Gasteiger charge is -2.23. The normalized spacial score (nSPS) is 23.3. The van der Waals surface area contributed by atoms with Crippen molar-refractivity contribution in [3.05, 3.63) is 48.3 Å². The first kappa shape index (κ1) is 14.3. The second kappa shape index (κ2) is 6.41.